The van der Waals surface area contributed by atoms with Crippen LogP contribution in [0.5, 0.6) is 0 Å². The van der Waals surface area contributed by atoms with Gasteiger partial charge in [0.05, 0.1) is 17.5 Å². The average molecular weight is 451 g/mol. The molecule has 168 valence electrons. The van der Waals surface area contributed by atoms with Gasteiger partial charge in [-0.05, 0) is 44.9 Å². The van der Waals surface area contributed by atoms with Crippen molar-refractivity contribution in [3.63, 3.8) is 0 Å². The van der Waals surface area contributed by atoms with Crippen LogP contribution in [0.15, 0.2) is 12.2 Å². The van der Waals surface area contributed by atoms with E-state index in [-0.39, 0.29) is 5.91 Å². The number of aliphatic hydroxyl groups is 3. The Kier molecular flexibility index (Phi) is 9.73. The van der Waals surface area contributed by atoms with Gasteiger partial charge in [0.1, 0.15) is 29.9 Å². The SMILES string of the molecule is C=C1C[C@@H](C(=O)N[C@@H]([C@H]2O[C@H](SC)[C@H](O)[C@@H](O)[C@H]2O)[C@H](C)Cl)NCCC1CCC. The van der Waals surface area contributed by atoms with E-state index in [9.17, 15) is 20.1 Å². The smallest absolute Gasteiger partial charge is 0.237 e. The van der Waals surface area contributed by atoms with Crippen LogP contribution in [0.3, 0.4) is 0 Å². The molecule has 0 spiro atoms. The molecule has 2 aliphatic heterocycles. The number of hydrogen-bond acceptors (Lipinski definition) is 7. The Morgan fingerprint density at radius 1 is 1.38 bits per heavy atom. The lowest BCUT2D eigenvalue weighted by atomic mass is 9.89. The third kappa shape index (κ3) is 6.09. The first kappa shape index (κ1) is 24.9. The number of amides is 1. The van der Waals surface area contributed by atoms with Crippen LogP contribution in [-0.2, 0) is 9.53 Å². The molecule has 0 radical (unpaired) electrons. The van der Waals surface area contributed by atoms with E-state index in [1.54, 1.807) is 13.2 Å². The van der Waals surface area contributed by atoms with Crippen LogP contribution < -0.4 is 10.6 Å². The molecule has 0 bridgehead atoms. The van der Waals surface area contributed by atoms with Gasteiger partial charge < -0.3 is 30.7 Å². The summed E-state index contributed by atoms with van der Waals surface area (Å²) in [6.45, 7) is 8.76. The summed E-state index contributed by atoms with van der Waals surface area (Å²) < 4.78 is 5.80. The predicted molar refractivity (Wildman–Crippen MR) is 116 cm³/mol. The number of carbonyl (C=O) groups excluding carboxylic acids is 1. The Morgan fingerprint density at radius 3 is 2.66 bits per heavy atom. The van der Waals surface area contributed by atoms with Crippen LogP contribution in [0.25, 0.3) is 0 Å². The molecule has 1 amide bonds. The highest BCUT2D eigenvalue weighted by Gasteiger charge is 2.48. The second-order valence-corrected chi connectivity index (χ2v) is 9.66. The molecule has 5 N–H and O–H groups in total. The lowest BCUT2D eigenvalue weighted by molar-refractivity contribution is -0.205. The number of thioether (sulfide) groups is 1. The summed E-state index contributed by atoms with van der Waals surface area (Å²) in [7, 11) is 0. The van der Waals surface area contributed by atoms with Gasteiger partial charge in [0.25, 0.3) is 0 Å². The third-order valence-electron chi connectivity index (χ3n) is 5.88. The lowest BCUT2D eigenvalue weighted by Crippen LogP contribution is -2.65. The second kappa shape index (κ2) is 11.3. The van der Waals surface area contributed by atoms with E-state index in [2.05, 4.69) is 24.1 Å². The van der Waals surface area contributed by atoms with Crippen LogP contribution in [0.2, 0.25) is 0 Å². The molecule has 2 aliphatic rings. The highest BCUT2D eigenvalue weighted by Crippen LogP contribution is 2.31. The Balaban J connectivity index is 2.09. The minimum Gasteiger partial charge on any atom is -0.388 e. The monoisotopic (exact) mass is 450 g/mol. The highest BCUT2D eigenvalue weighted by atomic mass is 35.5. The maximum absolute atomic E-state index is 13.0. The van der Waals surface area contributed by atoms with E-state index in [1.165, 1.54) is 11.8 Å². The molecule has 0 saturated carbocycles. The molecular weight excluding hydrogens is 416 g/mol. The van der Waals surface area contributed by atoms with Crippen LogP contribution in [0, 0.1) is 5.92 Å². The number of aliphatic hydroxyl groups excluding tert-OH is 3. The van der Waals surface area contributed by atoms with Crippen LogP contribution in [-0.4, -0.2) is 81.3 Å². The Bertz CT molecular complexity index is 565. The molecule has 9 atom stereocenters. The van der Waals surface area contributed by atoms with Gasteiger partial charge in [-0.3, -0.25) is 4.79 Å². The van der Waals surface area contributed by atoms with E-state index in [4.69, 9.17) is 16.3 Å². The molecule has 1 unspecified atom stereocenters. The minimum atomic E-state index is -1.38. The molecule has 29 heavy (non-hydrogen) atoms. The lowest BCUT2D eigenvalue weighted by Gasteiger charge is -2.44. The largest absolute Gasteiger partial charge is 0.388 e. The fraction of sp³-hybridized carbons (Fsp3) is 0.850. The molecule has 0 aromatic rings. The molecule has 7 nitrogen and oxygen atoms in total. The number of rotatable bonds is 7. The van der Waals surface area contributed by atoms with Gasteiger partial charge in [-0.2, -0.15) is 0 Å². The first-order valence-corrected chi connectivity index (χ1v) is 12.0. The van der Waals surface area contributed by atoms with Crippen molar-refractivity contribution >= 4 is 29.3 Å². The summed E-state index contributed by atoms with van der Waals surface area (Å²) in [6.07, 6.45) is 0.462. The van der Waals surface area contributed by atoms with Crippen LogP contribution in [0.4, 0.5) is 0 Å². The van der Waals surface area contributed by atoms with Crippen molar-refractivity contribution in [2.45, 2.75) is 86.8 Å². The normalized spacial score (nSPS) is 38.2. The predicted octanol–water partition coefficient (Wildman–Crippen LogP) is 0.994. The van der Waals surface area contributed by atoms with Crippen molar-refractivity contribution in [1.29, 1.82) is 0 Å². The summed E-state index contributed by atoms with van der Waals surface area (Å²) >= 11 is 7.56. The Hall–Kier alpha value is -0.350. The van der Waals surface area contributed by atoms with E-state index in [0.29, 0.717) is 12.3 Å². The van der Waals surface area contributed by atoms with Gasteiger partial charge in [-0.25, -0.2) is 0 Å². The van der Waals surface area contributed by atoms with E-state index in [0.717, 1.165) is 31.4 Å². The Labute approximate surface area is 182 Å². The average Bonchev–Trinajstić information content (AvgIpc) is 2.87. The van der Waals surface area contributed by atoms with Gasteiger partial charge >= 0.3 is 0 Å². The number of halogens is 1. The molecule has 0 aromatic carbocycles. The van der Waals surface area contributed by atoms with Crippen molar-refractivity contribution in [3.8, 4) is 0 Å². The molecule has 0 aliphatic carbocycles. The molecular formula is C20H35ClN2O5S. The number of ether oxygens (including phenoxy) is 1. The number of alkyl halides is 1. The van der Waals surface area contributed by atoms with Gasteiger partial charge in [-0.1, -0.05) is 25.5 Å². The first-order valence-electron chi connectivity index (χ1n) is 10.3. The zero-order valence-corrected chi connectivity index (χ0v) is 19.0. The van der Waals surface area contributed by atoms with E-state index < -0.39 is 47.3 Å². The van der Waals surface area contributed by atoms with Crippen molar-refractivity contribution in [2.24, 2.45) is 5.92 Å². The van der Waals surface area contributed by atoms with Gasteiger partial charge in [0.15, 0.2) is 0 Å². The van der Waals surface area contributed by atoms with Crippen molar-refractivity contribution in [1.82, 2.24) is 10.6 Å². The molecule has 2 saturated heterocycles. The van der Waals surface area contributed by atoms with Crippen molar-refractivity contribution in [2.75, 3.05) is 12.8 Å². The first-order chi connectivity index (χ1) is 13.7. The summed E-state index contributed by atoms with van der Waals surface area (Å²) in [5, 5.41) is 36.4. The number of hydrogen-bond donors (Lipinski definition) is 5. The maximum atomic E-state index is 13.0. The van der Waals surface area contributed by atoms with Gasteiger partial charge in [-0.15, -0.1) is 23.4 Å². The summed E-state index contributed by atoms with van der Waals surface area (Å²) in [5.41, 5.74) is 0.348. The van der Waals surface area contributed by atoms with Gasteiger partial charge in [0, 0.05) is 0 Å². The zero-order valence-electron chi connectivity index (χ0n) is 17.4. The van der Waals surface area contributed by atoms with Crippen molar-refractivity contribution < 1.29 is 24.9 Å². The summed E-state index contributed by atoms with van der Waals surface area (Å²) in [6, 6.07) is -1.17. The maximum Gasteiger partial charge on any atom is 0.237 e. The number of carbonyl (C=O) groups is 1. The summed E-state index contributed by atoms with van der Waals surface area (Å²) in [5.74, 6) is 0.174. The fourth-order valence-corrected chi connectivity index (χ4v) is 4.99. The second-order valence-electron chi connectivity index (χ2n) is 8.03. The zero-order chi connectivity index (χ0) is 21.7. The number of nitrogens with one attached hydrogen (secondary N) is 2. The quantitative estimate of drug-likeness (QED) is 0.290. The molecule has 9 heteroatoms. The van der Waals surface area contributed by atoms with Crippen molar-refractivity contribution in [3.05, 3.63) is 12.2 Å². The molecule has 2 fully saturated rings. The third-order valence-corrected chi connectivity index (χ3v) is 7.00. The van der Waals surface area contributed by atoms with Crippen LogP contribution >= 0.6 is 23.4 Å². The summed E-state index contributed by atoms with van der Waals surface area (Å²) in [4.78, 5) is 13.0. The minimum absolute atomic E-state index is 0.238. The highest BCUT2D eigenvalue weighted by molar-refractivity contribution is 7.99. The Morgan fingerprint density at radius 2 is 2.07 bits per heavy atom. The standard InChI is InChI=1S/C20H35ClN2O5S/c1-5-6-12-7-8-22-13(9-10(12)2)19(27)23-14(11(3)21)18-16(25)15(24)17(26)20(28-18)29-4/h11-18,20,22,24-26H,2,5-9H2,1,3-4H3,(H,23,27)/t11-,12?,13-,14+,15-,16+,17+,18+,20+/m0/s1. The fourth-order valence-electron chi connectivity index (χ4n) is 4.11. The molecule has 0 aromatic heterocycles. The van der Waals surface area contributed by atoms with Gasteiger partial charge in [0.2, 0.25) is 5.91 Å². The van der Waals surface area contributed by atoms with Crippen LogP contribution in [0.1, 0.15) is 39.5 Å². The van der Waals surface area contributed by atoms with E-state index >= 15 is 0 Å². The topological polar surface area (TPSA) is 111 Å². The molecule has 2 heterocycles. The van der Waals surface area contributed by atoms with E-state index in [1.807, 2.05) is 0 Å². The molecule has 2 rings (SSSR count).